The molecule has 1 atom stereocenters. The Hall–Kier alpha value is -1.24. The maximum Gasteiger partial charge on any atom is 0.225 e. The highest BCUT2D eigenvalue weighted by atomic mass is 16.3. The summed E-state index contributed by atoms with van der Waals surface area (Å²) < 4.78 is 0. The molecule has 1 fully saturated rings. The molecule has 20 heavy (non-hydrogen) atoms. The number of aliphatic hydroxyl groups is 1. The molecule has 0 saturated carbocycles. The van der Waals surface area contributed by atoms with Gasteiger partial charge in [-0.15, -0.1) is 0 Å². The predicted molar refractivity (Wildman–Crippen MR) is 79.6 cm³/mol. The second-order valence-corrected chi connectivity index (χ2v) is 5.79. The molecule has 0 spiro atoms. The number of piperazine rings is 1. The number of rotatable bonds is 6. The van der Waals surface area contributed by atoms with Crippen molar-refractivity contribution < 1.29 is 5.11 Å². The molecule has 0 radical (unpaired) electrons. The first-order valence-electron chi connectivity index (χ1n) is 7.25. The van der Waals surface area contributed by atoms with E-state index in [4.69, 9.17) is 10.8 Å². The van der Waals surface area contributed by atoms with E-state index in [-0.39, 0.29) is 6.61 Å². The topological polar surface area (TPSA) is 78.5 Å². The van der Waals surface area contributed by atoms with Gasteiger partial charge < -0.3 is 15.7 Å². The second-order valence-electron chi connectivity index (χ2n) is 5.79. The number of hydrogen-bond acceptors (Lipinski definition) is 6. The van der Waals surface area contributed by atoms with Crippen LogP contribution in [0.15, 0.2) is 18.5 Å². The number of aromatic nitrogens is 2. The van der Waals surface area contributed by atoms with Crippen LogP contribution in [0.4, 0.5) is 5.95 Å². The third-order valence-corrected chi connectivity index (χ3v) is 3.79. The molecule has 6 nitrogen and oxygen atoms in total. The molecule has 1 unspecified atom stereocenters. The zero-order chi connectivity index (χ0) is 14.4. The lowest BCUT2D eigenvalue weighted by molar-refractivity contribution is 0.185. The summed E-state index contributed by atoms with van der Waals surface area (Å²) in [4.78, 5) is 13.2. The lowest BCUT2D eigenvalue weighted by Crippen LogP contribution is -2.47. The Morgan fingerprint density at radius 1 is 1.25 bits per heavy atom. The monoisotopic (exact) mass is 279 g/mol. The van der Waals surface area contributed by atoms with Crippen LogP contribution in [0, 0.1) is 0 Å². The number of aliphatic hydroxyl groups excluding tert-OH is 1. The van der Waals surface area contributed by atoms with Crippen LogP contribution in [-0.2, 0) is 0 Å². The average molecular weight is 279 g/mol. The van der Waals surface area contributed by atoms with Crippen molar-refractivity contribution >= 4 is 5.95 Å². The van der Waals surface area contributed by atoms with Crippen LogP contribution < -0.4 is 10.6 Å². The molecule has 0 bridgehead atoms. The Morgan fingerprint density at radius 3 is 2.50 bits per heavy atom. The largest absolute Gasteiger partial charge is 0.394 e. The van der Waals surface area contributed by atoms with E-state index in [1.807, 2.05) is 13.0 Å². The molecular weight excluding hydrogens is 254 g/mol. The van der Waals surface area contributed by atoms with Gasteiger partial charge in [-0.05, 0) is 32.4 Å². The third-order valence-electron chi connectivity index (χ3n) is 3.79. The average Bonchev–Trinajstić information content (AvgIpc) is 2.49. The number of hydrogen-bond donors (Lipinski definition) is 2. The van der Waals surface area contributed by atoms with Crippen molar-refractivity contribution in [1.29, 1.82) is 0 Å². The van der Waals surface area contributed by atoms with E-state index in [1.54, 1.807) is 12.4 Å². The molecule has 0 aromatic carbocycles. The van der Waals surface area contributed by atoms with Crippen LogP contribution in [-0.4, -0.2) is 64.8 Å². The van der Waals surface area contributed by atoms with Gasteiger partial charge in [0.2, 0.25) is 5.95 Å². The molecule has 1 aromatic heterocycles. The van der Waals surface area contributed by atoms with Crippen LogP contribution >= 0.6 is 0 Å². The summed E-state index contributed by atoms with van der Waals surface area (Å²) in [5, 5.41) is 9.13. The second kappa shape index (κ2) is 6.97. The van der Waals surface area contributed by atoms with Crippen molar-refractivity contribution in [2.45, 2.75) is 25.3 Å². The molecule has 3 N–H and O–H groups in total. The van der Waals surface area contributed by atoms with Crippen molar-refractivity contribution in [2.24, 2.45) is 5.73 Å². The van der Waals surface area contributed by atoms with Crippen molar-refractivity contribution in [3.8, 4) is 0 Å². The first-order chi connectivity index (χ1) is 9.61. The fraction of sp³-hybridized carbons (Fsp3) is 0.714. The number of nitrogens with two attached hydrogens (primary N) is 1. The van der Waals surface area contributed by atoms with Gasteiger partial charge in [-0.2, -0.15) is 0 Å². The van der Waals surface area contributed by atoms with Crippen molar-refractivity contribution in [2.75, 3.05) is 44.2 Å². The quantitative estimate of drug-likeness (QED) is 0.768. The Labute approximate surface area is 120 Å². The van der Waals surface area contributed by atoms with E-state index >= 15 is 0 Å². The Bertz CT molecular complexity index is 390. The number of anilines is 1. The van der Waals surface area contributed by atoms with Gasteiger partial charge in [-0.25, -0.2) is 9.97 Å². The van der Waals surface area contributed by atoms with E-state index < -0.39 is 5.54 Å². The van der Waals surface area contributed by atoms with Gasteiger partial charge in [-0.1, -0.05) is 0 Å². The minimum atomic E-state index is -0.445. The van der Waals surface area contributed by atoms with Gasteiger partial charge in [0, 0.05) is 44.1 Å². The van der Waals surface area contributed by atoms with Crippen LogP contribution in [0.5, 0.6) is 0 Å². The summed E-state index contributed by atoms with van der Waals surface area (Å²) in [6, 6.07) is 1.84. The molecule has 1 aromatic rings. The SMILES string of the molecule is CC(N)(CO)CCCN1CCN(c2ncccn2)CC1. The highest BCUT2D eigenvalue weighted by molar-refractivity contribution is 5.29. The smallest absolute Gasteiger partial charge is 0.225 e. The molecule has 112 valence electrons. The molecule has 0 amide bonds. The van der Waals surface area contributed by atoms with Gasteiger partial charge >= 0.3 is 0 Å². The third kappa shape index (κ3) is 4.40. The molecule has 2 heterocycles. The molecule has 0 aliphatic carbocycles. The molecule has 1 aliphatic heterocycles. The lowest BCUT2D eigenvalue weighted by Gasteiger charge is -2.35. The summed E-state index contributed by atoms with van der Waals surface area (Å²) in [6.07, 6.45) is 5.44. The summed E-state index contributed by atoms with van der Waals surface area (Å²) >= 11 is 0. The van der Waals surface area contributed by atoms with Gasteiger partial charge in [0.05, 0.1) is 6.61 Å². The Balaban J connectivity index is 1.70. The molecule has 6 heteroatoms. The van der Waals surface area contributed by atoms with Crippen LogP contribution in [0.3, 0.4) is 0 Å². The summed E-state index contributed by atoms with van der Waals surface area (Å²) in [5.74, 6) is 0.821. The number of nitrogens with zero attached hydrogens (tertiary/aromatic N) is 4. The Kier molecular flexibility index (Phi) is 5.28. The standard InChI is InChI=1S/C14H25N5O/c1-14(15,12-20)4-2-7-18-8-10-19(11-9-18)13-16-5-3-6-17-13/h3,5-6,20H,2,4,7-12,15H2,1H3. The van der Waals surface area contributed by atoms with Crippen molar-refractivity contribution in [1.82, 2.24) is 14.9 Å². The summed E-state index contributed by atoms with van der Waals surface area (Å²) in [5.41, 5.74) is 5.49. The maximum absolute atomic E-state index is 9.13. The molecular formula is C14H25N5O. The Morgan fingerprint density at radius 2 is 1.90 bits per heavy atom. The van der Waals surface area contributed by atoms with Crippen LogP contribution in [0.1, 0.15) is 19.8 Å². The predicted octanol–water partition coefficient (Wildman–Crippen LogP) is 0.0885. The fourth-order valence-corrected chi connectivity index (χ4v) is 2.41. The van der Waals surface area contributed by atoms with Gasteiger partial charge in [0.15, 0.2) is 0 Å². The van der Waals surface area contributed by atoms with Crippen LogP contribution in [0.25, 0.3) is 0 Å². The molecule has 1 saturated heterocycles. The highest BCUT2D eigenvalue weighted by Gasteiger charge is 2.20. The van der Waals surface area contributed by atoms with E-state index in [0.717, 1.165) is 51.5 Å². The highest BCUT2D eigenvalue weighted by Crippen LogP contribution is 2.12. The first-order valence-corrected chi connectivity index (χ1v) is 7.25. The minimum Gasteiger partial charge on any atom is -0.394 e. The summed E-state index contributed by atoms with van der Waals surface area (Å²) in [6.45, 7) is 6.96. The van der Waals surface area contributed by atoms with Crippen molar-refractivity contribution in [3.05, 3.63) is 18.5 Å². The van der Waals surface area contributed by atoms with Gasteiger partial charge in [-0.3, -0.25) is 4.90 Å². The summed E-state index contributed by atoms with van der Waals surface area (Å²) in [7, 11) is 0. The van der Waals surface area contributed by atoms with E-state index in [9.17, 15) is 0 Å². The zero-order valence-corrected chi connectivity index (χ0v) is 12.2. The van der Waals surface area contributed by atoms with E-state index in [2.05, 4.69) is 19.8 Å². The van der Waals surface area contributed by atoms with Gasteiger partial charge in [0.25, 0.3) is 0 Å². The van der Waals surface area contributed by atoms with E-state index in [0.29, 0.717) is 0 Å². The van der Waals surface area contributed by atoms with Gasteiger partial charge in [0.1, 0.15) is 0 Å². The van der Waals surface area contributed by atoms with Crippen LogP contribution in [0.2, 0.25) is 0 Å². The lowest BCUT2D eigenvalue weighted by atomic mass is 9.98. The van der Waals surface area contributed by atoms with Crippen molar-refractivity contribution in [3.63, 3.8) is 0 Å². The zero-order valence-electron chi connectivity index (χ0n) is 12.2. The molecule has 1 aliphatic rings. The molecule has 2 rings (SSSR count). The van der Waals surface area contributed by atoms with E-state index in [1.165, 1.54) is 0 Å². The minimum absolute atomic E-state index is 0.0477. The normalized spacial score (nSPS) is 19.9. The fourth-order valence-electron chi connectivity index (χ4n) is 2.41. The maximum atomic E-state index is 9.13. The first kappa shape index (κ1) is 15.2.